The summed E-state index contributed by atoms with van der Waals surface area (Å²) in [6.45, 7) is 5.96. The molecule has 11 heavy (non-hydrogen) atoms. The third-order valence-electron chi connectivity index (χ3n) is 1.35. The number of pyridine rings is 1. The summed E-state index contributed by atoms with van der Waals surface area (Å²) in [5, 5.41) is 0.697. The Balaban J connectivity index is 2.71. The van der Waals surface area contributed by atoms with Gasteiger partial charge < -0.3 is 0 Å². The Bertz CT molecular complexity index is 233. The van der Waals surface area contributed by atoms with E-state index in [-0.39, 0.29) is 0 Å². The highest BCUT2D eigenvalue weighted by Crippen LogP contribution is 2.11. The van der Waals surface area contributed by atoms with E-state index < -0.39 is 0 Å². The van der Waals surface area contributed by atoms with Crippen molar-refractivity contribution in [3.8, 4) is 0 Å². The topological polar surface area (TPSA) is 12.9 Å². The molecule has 0 spiro atoms. The van der Waals surface area contributed by atoms with Gasteiger partial charge in [0, 0.05) is 12.4 Å². The average molecular weight is 169 g/mol. The van der Waals surface area contributed by atoms with Crippen LogP contribution >= 0.6 is 11.6 Å². The molecule has 0 saturated heterocycles. The lowest BCUT2D eigenvalue weighted by atomic mass is 10.1. The predicted molar refractivity (Wildman–Crippen MR) is 47.5 cm³/mol. The molecule has 0 saturated carbocycles. The minimum Gasteiger partial charge on any atom is -0.263 e. The van der Waals surface area contributed by atoms with Gasteiger partial charge in [0.2, 0.25) is 0 Å². The summed E-state index contributed by atoms with van der Waals surface area (Å²) in [4.78, 5) is 3.98. The molecule has 0 N–H and O–H groups in total. The zero-order chi connectivity index (χ0) is 8.27. The second-order valence-electron chi connectivity index (χ2n) is 2.82. The summed E-state index contributed by atoms with van der Waals surface area (Å²) < 4.78 is 0. The molecule has 1 aromatic rings. The maximum atomic E-state index is 5.75. The van der Waals surface area contributed by atoms with Crippen LogP contribution in [0.2, 0.25) is 5.02 Å². The zero-order valence-electron chi connectivity index (χ0n) is 6.55. The second kappa shape index (κ2) is 3.72. The van der Waals surface area contributed by atoms with Gasteiger partial charge in [0.25, 0.3) is 0 Å². The maximum absolute atomic E-state index is 5.75. The van der Waals surface area contributed by atoms with Crippen LogP contribution < -0.4 is 0 Å². The van der Waals surface area contributed by atoms with E-state index in [4.69, 9.17) is 11.6 Å². The van der Waals surface area contributed by atoms with Gasteiger partial charge in [0.1, 0.15) is 0 Å². The summed E-state index contributed by atoms with van der Waals surface area (Å²) >= 11 is 5.75. The fourth-order valence-corrected chi connectivity index (χ4v) is 1.17. The van der Waals surface area contributed by atoms with Gasteiger partial charge in [-0.1, -0.05) is 25.4 Å². The fraction of sp³-hybridized carbons (Fsp3) is 0.333. The summed E-state index contributed by atoms with van der Waals surface area (Å²) in [7, 11) is 0. The van der Waals surface area contributed by atoms with Crippen LogP contribution in [0.15, 0.2) is 18.5 Å². The first-order valence-electron chi connectivity index (χ1n) is 3.61. The fourth-order valence-electron chi connectivity index (χ4n) is 0.970. The summed E-state index contributed by atoms with van der Waals surface area (Å²) in [5.74, 6) is 0.412. The van der Waals surface area contributed by atoms with Crippen molar-refractivity contribution in [1.29, 1.82) is 0 Å². The molecule has 0 aliphatic heterocycles. The van der Waals surface area contributed by atoms with Gasteiger partial charge in [-0.25, -0.2) is 0 Å². The first-order chi connectivity index (χ1) is 5.18. The Morgan fingerprint density at radius 2 is 2.36 bits per heavy atom. The molecule has 0 aliphatic carbocycles. The monoisotopic (exact) mass is 168 g/mol. The number of halogens is 1. The van der Waals surface area contributed by atoms with E-state index in [0.717, 1.165) is 12.0 Å². The van der Waals surface area contributed by atoms with Crippen LogP contribution in [-0.4, -0.2) is 4.98 Å². The van der Waals surface area contributed by atoms with Crippen LogP contribution in [0.3, 0.4) is 0 Å². The molecule has 1 radical (unpaired) electrons. The first kappa shape index (κ1) is 8.54. The summed E-state index contributed by atoms with van der Waals surface area (Å²) in [5.41, 5.74) is 1.15. The molecule has 1 nitrogen and oxygen atoms in total. The average Bonchev–Trinajstić information content (AvgIpc) is 1.85. The molecule has 1 unspecified atom stereocenters. The van der Waals surface area contributed by atoms with E-state index in [0.29, 0.717) is 10.9 Å². The molecule has 1 aromatic heterocycles. The van der Waals surface area contributed by atoms with E-state index in [1.54, 1.807) is 6.20 Å². The molecule has 0 amide bonds. The van der Waals surface area contributed by atoms with Gasteiger partial charge in [0.05, 0.1) is 5.02 Å². The Morgan fingerprint density at radius 3 is 2.91 bits per heavy atom. The summed E-state index contributed by atoms with van der Waals surface area (Å²) in [6.07, 6.45) is 4.40. The van der Waals surface area contributed by atoms with Crippen LogP contribution in [0.1, 0.15) is 12.5 Å². The zero-order valence-corrected chi connectivity index (χ0v) is 7.30. The SMILES string of the molecule is [CH2]C(C)Cc1cncc(Cl)c1. The van der Waals surface area contributed by atoms with Gasteiger partial charge in [-0.15, -0.1) is 0 Å². The number of nitrogens with zero attached hydrogens (tertiary/aromatic N) is 1. The number of hydrogen-bond acceptors (Lipinski definition) is 1. The van der Waals surface area contributed by atoms with E-state index in [9.17, 15) is 0 Å². The van der Waals surface area contributed by atoms with Gasteiger partial charge in [0.15, 0.2) is 0 Å². The third kappa shape index (κ3) is 2.89. The smallest absolute Gasteiger partial charge is 0.0592 e. The number of rotatable bonds is 2. The normalized spacial score (nSPS) is 10.5. The van der Waals surface area contributed by atoms with Crippen LogP contribution in [0.25, 0.3) is 0 Å². The van der Waals surface area contributed by atoms with Crippen molar-refractivity contribution < 1.29 is 0 Å². The Kier molecular flexibility index (Phi) is 2.89. The highest BCUT2D eigenvalue weighted by molar-refractivity contribution is 6.30. The maximum Gasteiger partial charge on any atom is 0.0592 e. The molecular formula is C9H11ClN. The molecule has 1 atom stereocenters. The van der Waals surface area contributed by atoms with Crippen LogP contribution in [0.5, 0.6) is 0 Å². The van der Waals surface area contributed by atoms with Crippen molar-refractivity contribution in [2.75, 3.05) is 0 Å². The first-order valence-corrected chi connectivity index (χ1v) is 3.99. The van der Waals surface area contributed by atoms with E-state index in [2.05, 4.69) is 18.8 Å². The van der Waals surface area contributed by atoms with Crippen LogP contribution in [-0.2, 0) is 6.42 Å². The van der Waals surface area contributed by atoms with Gasteiger partial charge in [-0.2, -0.15) is 0 Å². The van der Waals surface area contributed by atoms with Crippen molar-refractivity contribution in [2.45, 2.75) is 13.3 Å². The lowest BCUT2D eigenvalue weighted by molar-refractivity contribution is 0.717. The lowest BCUT2D eigenvalue weighted by Crippen LogP contribution is -1.94. The largest absolute Gasteiger partial charge is 0.263 e. The molecule has 1 rings (SSSR count). The van der Waals surface area contributed by atoms with Crippen LogP contribution in [0, 0.1) is 12.8 Å². The van der Waals surface area contributed by atoms with Gasteiger partial charge in [-0.05, 0) is 24.0 Å². The number of aromatic nitrogens is 1. The highest BCUT2D eigenvalue weighted by Gasteiger charge is 1.97. The molecule has 0 fully saturated rings. The number of hydrogen-bond donors (Lipinski definition) is 0. The molecule has 1 heterocycles. The van der Waals surface area contributed by atoms with Crippen molar-refractivity contribution in [1.82, 2.24) is 4.98 Å². The van der Waals surface area contributed by atoms with Crippen molar-refractivity contribution in [2.24, 2.45) is 5.92 Å². The predicted octanol–water partition coefficient (Wildman–Crippen LogP) is 2.75. The molecular weight excluding hydrogens is 158 g/mol. The second-order valence-corrected chi connectivity index (χ2v) is 3.26. The lowest BCUT2D eigenvalue weighted by Gasteiger charge is -2.03. The standard InChI is InChI=1S/C9H11ClN/c1-7(2)3-8-4-9(10)6-11-5-8/h4-7H,1,3H2,2H3. The molecule has 2 heteroatoms. The van der Waals surface area contributed by atoms with Crippen molar-refractivity contribution >= 4 is 11.6 Å². The summed E-state index contributed by atoms with van der Waals surface area (Å²) in [6, 6.07) is 1.93. The minimum atomic E-state index is 0.412. The van der Waals surface area contributed by atoms with Gasteiger partial charge in [-0.3, -0.25) is 4.98 Å². The Hall–Kier alpha value is -0.560. The highest BCUT2D eigenvalue weighted by atomic mass is 35.5. The third-order valence-corrected chi connectivity index (χ3v) is 1.55. The molecule has 0 aromatic carbocycles. The van der Waals surface area contributed by atoms with E-state index in [1.807, 2.05) is 12.3 Å². The van der Waals surface area contributed by atoms with Crippen molar-refractivity contribution in [3.63, 3.8) is 0 Å². The Morgan fingerprint density at radius 1 is 1.64 bits per heavy atom. The van der Waals surface area contributed by atoms with Crippen molar-refractivity contribution in [3.05, 3.63) is 36.0 Å². The minimum absolute atomic E-state index is 0.412. The Labute approximate surface area is 72.4 Å². The molecule has 59 valence electrons. The van der Waals surface area contributed by atoms with E-state index >= 15 is 0 Å². The van der Waals surface area contributed by atoms with Crippen LogP contribution in [0.4, 0.5) is 0 Å². The van der Waals surface area contributed by atoms with Gasteiger partial charge >= 0.3 is 0 Å². The molecule has 0 bridgehead atoms. The molecule has 0 aliphatic rings. The quantitative estimate of drug-likeness (QED) is 0.662. The van der Waals surface area contributed by atoms with E-state index in [1.165, 1.54) is 0 Å².